The van der Waals surface area contributed by atoms with Crippen molar-refractivity contribution in [3.8, 4) is 0 Å². The Morgan fingerprint density at radius 3 is 2.57 bits per heavy atom. The van der Waals surface area contributed by atoms with Crippen LogP contribution < -0.4 is 16.0 Å². The number of rotatable bonds is 12. The summed E-state index contributed by atoms with van der Waals surface area (Å²) in [5, 5.41) is 18.8. The Morgan fingerprint density at radius 2 is 1.93 bits per heavy atom. The van der Waals surface area contributed by atoms with E-state index in [4.69, 9.17) is 0 Å². The van der Waals surface area contributed by atoms with Crippen LogP contribution in [0.2, 0.25) is 0 Å². The summed E-state index contributed by atoms with van der Waals surface area (Å²) in [7, 11) is 0. The highest BCUT2D eigenvalue weighted by molar-refractivity contribution is 14.0. The molecule has 6 nitrogen and oxygen atoms in total. The van der Waals surface area contributed by atoms with Gasteiger partial charge in [-0.25, -0.2) is 4.99 Å². The van der Waals surface area contributed by atoms with E-state index >= 15 is 0 Å². The van der Waals surface area contributed by atoms with Crippen LogP contribution in [0.1, 0.15) is 58.4 Å². The molecule has 1 aromatic rings. The number of guanidine groups is 1. The summed E-state index contributed by atoms with van der Waals surface area (Å²) in [4.78, 5) is 16.4. The topological polar surface area (TPSA) is 85.8 Å². The molecule has 0 saturated heterocycles. The van der Waals surface area contributed by atoms with E-state index in [0.717, 1.165) is 56.0 Å². The van der Waals surface area contributed by atoms with Crippen LogP contribution in [-0.2, 0) is 11.3 Å². The van der Waals surface area contributed by atoms with Gasteiger partial charge in [0, 0.05) is 31.8 Å². The molecule has 7 heteroatoms. The molecule has 1 amide bonds. The third kappa shape index (κ3) is 11.5. The number of amides is 1. The van der Waals surface area contributed by atoms with Gasteiger partial charge in [-0.1, -0.05) is 32.4 Å². The second kappa shape index (κ2) is 16.6. The zero-order valence-electron chi connectivity index (χ0n) is 17.5. The van der Waals surface area contributed by atoms with Gasteiger partial charge in [0.1, 0.15) is 0 Å². The quantitative estimate of drug-likeness (QED) is 0.198. The van der Waals surface area contributed by atoms with Crippen molar-refractivity contribution < 1.29 is 9.90 Å². The highest BCUT2D eigenvalue weighted by atomic mass is 127. The first-order valence-corrected chi connectivity index (χ1v) is 10.1. The highest BCUT2D eigenvalue weighted by Gasteiger charge is 2.08. The van der Waals surface area contributed by atoms with E-state index in [2.05, 4.69) is 27.9 Å². The number of benzene rings is 1. The number of anilines is 1. The van der Waals surface area contributed by atoms with Gasteiger partial charge in [-0.05, 0) is 49.8 Å². The third-order valence-corrected chi connectivity index (χ3v) is 4.24. The van der Waals surface area contributed by atoms with Crippen LogP contribution in [0.5, 0.6) is 0 Å². The molecular formula is C21H37IN4O2. The van der Waals surface area contributed by atoms with Gasteiger partial charge in [-0.2, -0.15) is 0 Å². The van der Waals surface area contributed by atoms with Gasteiger partial charge < -0.3 is 21.1 Å². The van der Waals surface area contributed by atoms with Crippen LogP contribution in [0.25, 0.3) is 0 Å². The Morgan fingerprint density at radius 1 is 1.14 bits per heavy atom. The molecule has 28 heavy (non-hydrogen) atoms. The molecule has 0 saturated carbocycles. The van der Waals surface area contributed by atoms with Crippen molar-refractivity contribution in [1.82, 2.24) is 10.6 Å². The zero-order chi connectivity index (χ0) is 19.9. The molecule has 0 aliphatic heterocycles. The largest absolute Gasteiger partial charge is 0.396 e. The molecule has 0 aliphatic rings. The molecule has 1 unspecified atom stereocenters. The van der Waals surface area contributed by atoms with Crippen LogP contribution in [0.4, 0.5) is 5.69 Å². The molecule has 1 aromatic carbocycles. The SMILES string of the molecule is CCCC(=O)Nc1cccc(CN=C(NCC)NCC(CCC)CCO)c1.I. The number of hydrogen-bond donors (Lipinski definition) is 4. The fourth-order valence-electron chi connectivity index (χ4n) is 2.89. The Labute approximate surface area is 187 Å². The Bertz CT molecular complexity index is 575. The van der Waals surface area contributed by atoms with E-state index in [1.165, 1.54) is 0 Å². The molecule has 0 heterocycles. The van der Waals surface area contributed by atoms with Crippen molar-refractivity contribution >= 4 is 41.5 Å². The summed E-state index contributed by atoms with van der Waals surface area (Å²) >= 11 is 0. The monoisotopic (exact) mass is 504 g/mol. The van der Waals surface area contributed by atoms with Gasteiger partial charge in [-0.3, -0.25) is 4.79 Å². The first kappa shape index (κ1) is 26.6. The second-order valence-electron chi connectivity index (χ2n) is 6.74. The number of aliphatic hydroxyl groups is 1. The fraction of sp³-hybridized carbons (Fsp3) is 0.619. The van der Waals surface area contributed by atoms with Crippen molar-refractivity contribution in [2.45, 2.75) is 59.4 Å². The average molecular weight is 504 g/mol. The lowest BCUT2D eigenvalue weighted by Crippen LogP contribution is -2.40. The van der Waals surface area contributed by atoms with Crippen molar-refractivity contribution in [2.24, 2.45) is 10.9 Å². The molecule has 4 N–H and O–H groups in total. The van der Waals surface area contributed by atoms with Gasteiger partial charge in [-0.15, -0.1) is 24.0 Å². The molecule has 0 bridgehead atoms. The maximum absolute atomic E-state index is 11.8. The first-order valence-electron chi connectivity index (χ1n) is 10.1. The van der Waals surface area contributed by atoms with E-state index in [-0.39, 0.29) is 36.5 Å². The van der Waals surface area contributed by atoms with Gasteiger partial charge >= 0.3 is 0 Å². The first-order chi connectivity index (χ1) is 13.1. The lowest BCUT2D eigenvalue weighted by molar-refractivity contribution is -0.116. The number of nitrogens with one attached hydrogen (secondary N) is 3. The molecule has 160 valence electrons. The van der Waals surface area contributed by atoms with Crippen molar-refractivity contribution in [3.05, 3.63) is 29.8 Å². The smallest absolute Gasteiger partial charge is 0.224 e. The number of hydrogen-bond acceptors (Lipinski definition) is 3. The molecule has 1 atom stereocenters. The lowest BCUT2D eigenvalue weighted by Gasteiger charge is -2.18. The van der Waals surface area contributed by atoms with E-state index in [1.807, 2.05) is 38.1 Å². The third-order valence-electron chi connectivity index (χ3n) is 4.24. The summed E-state index contributed by atoms with van der Waals surface area (Å²) in [5.41, 5.74) is 1.85. The maximum atomic E-state index is 11.8. The van der Waals surface area contributed by atoms with E-state index in [9.17, 15) is 9.90 Å². The average Bonchev–Trinajstić information content (AvgIpc) is 2.64. The molecular weight excluding hydrogens is 467 g/mol. The minimum Gasteiger partial charge on any atom is -0.396 e. The summed E-state index contributed by atoms with van der Waals surface area (Å²) in [6, 6.07) is 7.81. The Balaban J connectivity index is 0.00000729. The van der Waals surface area contributed by atoms with Gasteiger partial charge in [0.25, 0.3) is 0 Å². The van der Waals surface area contributed by atoms with Gasteiger partial charge in [0.15, 0.2) is 5.96 Å². The minimum absolute atomic E-state index is 0. The standard InChI is InChI=1S/C21H36N4O2.HI/c1-4-8-17(12-13-26)15-23-21(22-6-3)24-16-18-10-7-11-19(14-18)25-20(27)9-5-2;/h7,10-11,14,17,26H,4-6,8-9,12-13,15-16H2,1-3H3,(H,25,27)(H2,22,23,24);1H. The van der Waals surface area contributed by atoms with Crippen molar-refractivity contribution in [3.63, 3.8) is 0 Å². The highest BCUT2D eigenvalue weighted by Crippen LogP contribution is 2.12. The molecule has 0 aromatic heterocycles. The Kier molecular flexibility index (Phi) is 15.8. The number of nitrogens with zero attached hydrogens (tertiary/aromatic N) is 1. The summed E-state index contributed by atoms with van der Waals surface area (Å²) in [6.45, 7) is 8.53. The lowest BCUT2D eigenvalue weighted by atomic mass is 10.0. The van der Waals surface area contributed by atoms with Crippen LogP contribution in [-0.4, -0.2) is 36.7 Å². The molecule has 0 spiro atoms. The number of aliphatic imine (C=N–C) groups is 1. The van der Waals surface area contributed by atoms with Crippen LogP contribution in [0, 0.1) is 5.92 Å². The Hall–Kier alpha value is -1.35. The predicted molar refractivity (Wildman–Crippen MR) is 128 cm³/mol. The van der Waals surface area contributed by atoms with Crippen LogP contribution >= 0.6 is 24.0 Å². The second-order valence-corrected chi connectivity index (χ2v) is 6.74. The van der Waals surface area contributed by atoms with Gasteiger partial charge in [0.05, 0.1) is 6.54 Å². The predicted octanol–water partition coefficient (Wildman–Crippen LogP) is 3.90. The molecule has 0 radical (unpaired) electrons. The summed E-state index contributed by atoms with van der Waals surface area (Å²) in [5.74, 6) is 1.26. The van der Waals surface area contributed by atoms with Gasteiger partial charge in [0.2, 0.25) is 5.91 Å². The minimum atomic E-state index is 0. The summed E-state index contributed by atoms with van der Waals surface area (Å²) in [6.07, 6.45) is 4.37. The molecule has 0 fully saturated rings. The fourth-order valence-corrected chi connectivity index (χ4v) is 2.89. The van der Waals surface area contributed by atoms with Crippen molar-refractivity contribution in [1.29, 1.82) is 0 Å². The van der Waals surface area contributed by atoms with E-state index in [1.54, 1.807) is 0 Å². The number of halogens is 1. The molecule has 0 aliphatic carbocycles. The van der Waals surface area contributed by atoms with Crippen LogP contribution in [0.3, 0.4) is 0 Å². The number of carbonyl (C=O) groups excluding carboxylic acids is 1. The summed E-state index contributed by atoms with van der Waals surface area (Å²) < 4.78 is 0. The normalized spacial score (nSPS) is 12.1. The molecule has 1 rings (SSSR count). The maximum Gasteiger partial charge on any atom is 0.224 e. The van der Waals surface area contributed by atoms with Crippen molar-refractivity contribution in [2.75, 3.05) is 25.0 Å². The zero-order valence-corrected chi connectivity index (χ0v) is 19.8. The number of aliphatic hydroxyl groups excluding tert-OH is 1. The van der Waals surface area contributed by atoms with Crippen LogP contribution in [0.15, 0.2) is 29.3 Å². The van der Waals surface area contributed by atoms with E-state index < -0.39 is 0 Å². The number of carbonyl (C=O) groups is 1. The van der Waals surface area contributed by atoms with E-state index in [0.29, 0.717) is 18.9 Å².